The van der Waals surface area contributed by atoms with Crippen LogP contribution in [-0.4, -0.2) is 15.8 Å². The smallest absolute Gasteiger partial charge is 0.0728 e. The van der Waals surface area contributed by atoms with Crippen LogP contribution < -0.4 is 5.32 Å². The van der Waals surface area contributed by atoms with Crippen molar-refractivity contribution in [2.75, 3.05) is 5.32 Å². The zero-order valence-corrected chi connectivity index (χ0v) is 11.2. The summed E-state index contributed by atoms with van der Waals surface area (Å²) in [5, 5.41) is 7.85. The summed E-state index contributed by atoms with van der Waals surface area (Å²) >= 11 is 0. The molecule has 92 valence electrons. The highest BCUT2D eigenvalue weighted by Crippen LogP contribution is 2.14. The van der Waals surface area contributed by atoms with E-state index in [4.69, 9.17) is 0 Å². The Bertz CT molecular complexity index is 304. The van der Waals surface area contributed by atoms with Crippen LogP contribution in [0.1, 0.15) is 41.0 Å². The molecule has 0 saturated carbocycles. The van der Waals surface area contributed by atoms with E-state index in [-0.39, 0.29) is 0 Å². The first-order chi connectivity index (χ1) is 7.52. The van der Waals surface area contributed by atoms with Gasteiger partial charge in [-0.2, -0.15) is 5.10 Å². The fourth-order valence-electron chi connectivity index (χ4n) is 1.67. The largest absolute Gasteiger partial charge is 0.380 e. The van der Waals surface area contributed by atoms with Crippen LogP contribution in [0, 0.1) is 11.8 Å². The lowest BCUT2D eigenvalue weighted by molar-refractivity contribution is 0.482. The lowest BCUT2D eigenvalue weighted by Crippen LogP contribution is -2.22. The van der Waals surface area contributed by atoms with E-state index < -0.39 is 0 Å². The van der Waals surface area contributed by atoms with Gasteiger partial charge in [0.1, 0.15) is 0 Å². The minimum absolute atomic E-state index is 0.502. The van der Waals surface area contributed by atoms with Gasteiger partial charge in [-0.25, -0.2) is 0 Å². The summed E-state index contributed by atoms with van der Waals surface area (Å²) < 4.78 is 2.01. The molecule has 0 aliphatic rings. The Morgan fingerprint density at radius 2 is 2.00 bits per heavy atom. The minimum atomic E-state index is 0.502. The SMILES string of the molecule is CCC(C)C(C)Nc1cnn(CC(C)C)c1. The van der Waals surface area contributed by atoms with Crippen molar-refractivity contribution >= 4 is 5.69 Å². The van der Waals surface area contributed by atoms with Gasteiger partial charge in [0.05, 0.1) is 11.9 Å². The molecule has 1 rings (SSSR count). The second-order valence-electron chi connectivity index (χ2n) is 5.16. The summed E-state index contributed by atoms with van der Waals surface area (Å²) in [7, 11) is 0. The van der Waals surface area contributed by atoms with Crippen LogP contribution in [0.2, 0.25) is 0 Å². The van der Waals surface area contributed by atoms with Gasteiger partial charge in [0.25, 0.3) is 0 Å². The Hall–Kier alpha value is -0.990. The van der Waals surface area contributed by atoms with Crippen molar-refractivity contribution in [3.63, 3.8) is 0 Å². The monoisotopic (exact) mass is 223 g/mol. The number of aromatic nitrogens is 2. The van der Waals surface area contributed by atoms with Crippen LogP contribution in [0.5, 0.6) is 0 Å². The maximum absolute atomic E-state index is 4.35. The molecule has 1 N–H and O–H groups in total. The Morgan fingerprint density at radius 3 is 2.56 bits per heavy atom. The van der Waals surface area contributed by atoms with Gasteiger partial charge in [-0.1, -0.05) is 34.1 Å². The summed E-state index contributed by atoms with van der Waals surface area (Å²) in [6.45, 7) is 12.1. The molecule has 0 aliphatic heterocycles. The van der Waals surface area contributed by atoms with Crippen LogP contribution >= 0.6 is 0 Å². The van der Waals surface area contributed by atoms with E-state index in [0.29, 0.717) is 17.9 Å². The molecule has 0 radical (unpaired) electrons. The normalized spacial score (nSPS) is 15.1. The van der Waals surface area contributed by atoms with Crippen LogP contribution in [0.3, 0.4) is 0 Å². The van der Waals surface area contributed by atoms with E-state index in [1.165, 1.54) is 6.42 Å². The molecular formula is C13H25N3. The lowest BCUT2D eigenvalue weighted by atomic mass is 10.0. The second kappa shape index (κ2) is 5.92. The van der Waals surface area contributed by atoms with E-state index in [0.717, 1.165) is 12.2 Å². The first-order valence-electron chi connectivity index (χ1n) is 6.31. The zero-order chi connectivity index (χ0) is 12.1. The van der Waals surface area contributed by atoms with Gasteiger partial charge in [0.2, 0.25) is 0 Å². The molecule has 1 aromatic rings. The van der Waals surface area contributed by atoms with E-state index in [2.05, 4.69) is 51.2 Å². The molecule has 0 saturated heterocycles. The summed E-state index contributed by atoms with van der Waals surface area (Å²) in [6.07, 6.45) is 5.22. The molecule has 0 aromatic carbocycles. The van der Waals surface area contributed by atoms with Gasteiger partial charge in [0.15, 0.2) is 0 Å². The summed E-state index contributed by atoms with van der Waals surface area (Å²) in [5.74, 6) is 1.33. The molecule has 3 heteroatoms. The van der Waals surface area contributed by atoms with Gasteiger partial charge in [-0.15, -0.1) is 0 Å². The summed E-state index contributed by atoms with van der Waals surface area (Å²) in [4.78, 5) is 0. The molecule has 3 nitrogen and oxygen atoms in total. The van der Waals surface area contributed by atoms with Crippen LogP contribution in [0.15, 0.2) is 12.4 Å². The van der Waals surface area contributed by atoms with Crippen LogP contribution in [0.4, 0.5) is 5.69 Å². The second-order valence-corrected chi connectivity index (χ2v) is 5.16. The molecule has 1 aromatic heterocycles. The van der Waals surface area contributed by atoms with Crippen molar-refractivity contribution < 1.29 is 0 Å². The zero-order valence-electron chi connectivity index (χ0n) is 11.2. The standard InChI is InChI=1S/C13H25N3/c1-6-11(4)12(5)15-13-7-14-16(9-13)8-10(2)3/h7,9-12,15H,6,8H2,1-5H3. The summed E-state index contributed by atoms with van der Waals surface area (Å²) in [6, 6.07) is 0.502. The van der Waals surface area contributed by atoms with E-state index in [1.807, 2.05) is 10.9 Å². The predicted octanol–water partition coefficient (Wildman–Crippen LogP) is 3.39. The maximum atomic E-state index is 4.35. The number of nitrogens with one attached hydrogen (secondary N) is 1. The molecule has 0 fully saturated rings. The molecule has 0 amide bonds. The van der Waals surface area contributed by atoms with Crippen molar-refractivity contribution in [1.82, 2.24) is 9.78 Å². The fraction of sp³-hybridized carbons (Fsp3) is 0.769. The maximum Gasteiger partial charge on any atom is 0.0728 e. The summed E-state index contributed by atoms with van der Waals surface area (Å²) in [5.41, 5.74) is 1.13. The molecule has 0 aliphatic carbocycles. The van der Waals surface area contributed by atoms with E-state index >= 15 is 0 Å². The van der Waals surface area contributed by atoms with Gasteiger partial charge in [0, 0.05) is 18.8 Å². The third kappa shape index (κ3) is 3.87. The number of hydrogen-bond donors (Lipinski definition) is 1. The Labute approximate surface area is 99.2 Å². The highest BCUT2D eigenvalue weighted by atomic mass is 15.3. The topological polar surface area (TPSA) is 29.9 Å². The molecule has 16 heavy (non-hydrogen) atoms. The predicted molar refractivity (Wildman–Crippen MR) is 69.6 cm³/mol. The van der Waals surface area contributed by atoms with Gasteiger partial charge in [-0.3, -0.25) is 4.68 Å². The molecule has 0 spiro atoms. The van der Waals surface area contributed by atoms with Gasteiger partial charge in [-0.05, 0) is 18.8 Å². The number of rotatable bonds is 6. The van der Waals surface area contributed by atoms with Crippen molar-refractivity contribution in [1.29, 1.82) is 0 Å². The van der Waals surface area contributed by atoms with Crippen molar-refractivity contribution in [3.05, 3.63) is 12.4 Å². The molecule has 2 atom stereocenters. The first kappa shape index (κ1) is 13.1. The number of nitrogens with zero attached hydrogens (tertiary/aromatic N) is 2. The van der Waals surface area contributed by atoms with Crippen molar-refractivity contribution in [2.24, 2.45) is 11.8 Å². The minimum Gasteiger partial charge on any atom is -0.380 e. The van der Waals surface area contributed by atoms with Crippen LogP contribution in [-0.2, 0) is 6.54 Å². The highest BCUT2D eigenvalue weighted by molar-refractivity contribution is 5.39. The number of hydrogen-bond acceptors (Lipinski definition) is 2. The van der Waals surface area contributed by atoms with Crippen molar-refractivity contribution in [3.8, 4) is 0 Å². The molecule has 2 unspecified atom stereocenters. The van der Waals surface area contributed by atoms with Crippen molar-refractivity contribution in [2.45, 2.75) is 53.6 Å². The van der Waals surface area contributed by atoms with Gasteiger partial charge < -0.3 is 5.32 Å². The first-order valence-corrected chi connectivity index (χ1v) is 6.31. The third-order valence-electron chi connectivity index (χ3n) is 3.08. The highest BCUT2D eigenvalue weighted by Gasteiger charge is 2.10. The quantitative estimate of drug-likeness (QED) is 0.801. The van der Waals surface area contributed by atoms with Gasteiger partial charge >= 0.3 is 0 Å². The van der Waals surface area contributed by atoms with E-state index in [9.17, 15) is 0 Å². The lowest BCUT2D eigenvalue weighted by Gasteiger charge is -2.19. The average Bonchev–Trinajstić information content (AvgIpc) is 2.63. The number of anilines is 1. The fourth-order valence-corrected chi connectivity index (χ4v) is 1.67. The Balaban J connectivity index is 2.51. The third-order valence-corrected chi connectivity index (χ3v) is 3.08. The Morgan fingerprint density at radius 1 is 1.31 bits per heavy atom. The van der Waals surface area contributed by atoms with Crippen LogP contribution in [0.25, 0.3) is 0 Å². The van der Waals surface area contributed by atoms with E-state index in [1.54, 1.807) is 0 Å². The Kier molecular flexibility index (Phi) is 4.84. The molecular weight excluding hydrogens is 198 g/mol. The molecule has 1 heterocycles. The average molecular weight is 223 g/mol. The molecule has 0 bridgehead atoms.